The topological polar surface area (TPSA) is 56.5 Å². The van der Waals surface area contributed by atoms with Crippen LogP contribution in [0.3, 0.4) is 0 Å². The molecule has 17 heavy (non-hydrogen) atoms. The van der Waals surface area contributed by atoms with Crippen molar-refractivity contribution in [3.8, 4) is 0 Å². The van der Waals surface area contributed by atoms with Crippen molar-refractivity contribution in [1.29, 1.82) is 0 Å². The van der Waals surface area contributed by atoms with Gasteiger partial charge in [0.25, 0.3) is 0 Å². The van der Waals surface area contributed by atoms with Gasteiger partial charge in [0.05, 0.1) is 4.47 Å². The number of nitrogens with zero attached hydrogens (tertiary/aromatic N) is 5. The van der Waals surface area contributed by atoms with Crippen LogP contribution in [0.1, 0.15) is 25.7 Å². The summed E-state index contributed by atoms with van der Waals surface area (Å²) in [5, 5.41) is 9.71. The highest BCUT2D eigenvalue weighted by molar-refractivity contribution is 9.10. The molecule has 5 nitrogen and oxygen atoms in total. The van der Waals surface area contributed by atoms with Crippen molar-refractivity contribution in [2.75, 3.05) is 0 Å². The molecule has 0 N–H and O–H groups in total. The minimum Gasteiger partial charge on any atom is -0.303 e. The lowest BCUT2D eigenvalue weighted by atomic mass is 10.4. The summed E-state index contributed by atoms with van der Waals surface area (Å²) in [6.45, 7) is 6.14. The molecule has 2 rings (SSSR count). The van der Waals surface area contributed by atoms with Crippen molar-refractivity contribution in [3.63, 3.8) is 0 Å². The summed E-state index contributed by atoms with van der Waals surface area (Å²) in [5.74, 6) is 0.902. The average Bonchev–Trinajstić information content (AvgIpc) is 2.63. The summed E-state index contributed by atoms with van der Waals surface area (Å²) in [6.07, 6.45) is 3.44. The number of halogens is 1. The highest BCUT2D eigenvalue weighted by Gasteiger charge is 2.13. The third kappa shape index (κ3) is 2.84. The maximum absolute atomic E-state index is 4.21. The molecular weight excluding hydrogens is 302 g/mol. The molecule has 0 aliphatic heterocycles. The highest BCUT2D eigenvalue weighted by Crippen LogP contribution is 2.26. The lowest BCUT2D eigenvalue weighted by molar-refractivity contribution is 0.536. The normalized spacial score (nSPS) is 11.1. The summed E-state index contributed by atoms with van der Waals surface area (Å²) in [4.78, 5) is 8.41. The molecule has 0 bridgehead atoms. The van der Waals surface area contributed by atoms with Crippen molar-refractivity contribution in [3.05, 3.63) is 22.7 Å². The van der Waals surface area contributed by atoms with Gasteiger partial charge in [0, 0.05) is 18.4 Å². The molecular formula is C10H12BrN5S. The number of aromatic nitrogens is 5. The van der Waals surface area contributed by atoms with Crippen LogP contribution in [0.25, 0.3) is 0 Å². The van der Waals surface area contributed by atoms with Crippen LogP contribution in [-0.2, 0) is 0 Å². The summed E-state index contributed by atoms with van der Waals surface area (Å²) >= 11 is 4.72. The Morgan fingerprint density at radius 1 is 1.24 bits per heavy atom. The third-order valence-corrected chi connectivity index (χ3v) is 3.39. The van der Waals surface area contributed by atoms with E-state index in [1.807, 2.05) is 6.92 Å². The van der Waals surface area contributed by atoms with Crippen molar-refractivity contribution in [1.82, 2.24) is 24.7 Å². The highest BCUT2D eigenvalue weighted by atomic mass is 79.9. The molecule has 0 radical (unpaired) electrons. The standard InChI is InChI=1S/C10H12BrN5S/c1-6(2)16-7(3)14-15-10(16)17-9-12-4-8(11)5-13-9/h4-6H,1-3H3. The van der Waals surface area contributed by atoms with Crippen LogP contribution >= 0.6 is 27.7 Å². The van der Waals surface area contributed by atoms with E-state index in [9.17, 15) is 0 Å². The van der Waals surface area contributed by atoms with Crippen molar-refractivity contribution >= 4 is 27.7 Å². The summed E-state index contributed by atoms with van der Waals surface area (Å²) in [6, 6.07) is 0.322. The smallest absolute Gasteiger partial charge is 0.199 e. The van der Waals surface area contributed by atoms with Crippen LogP contribution in [0, 0.1) is 6.92 Å². The number of hydrogen-bond acceptors (Lipinski definition) is 5. The molecule has 2 heterocycles. The van der Waals surface area contributed by atoms with E-state index in [0.29, 0.717) is 11.2 Å². The van der Waals surface area contributed by atoms with Crippen LogP contribution in [0.15, 0.2) is 27.2 Å². The molecule has 90 valence electrons. The van der Waals surface area contributed by atoms with E-state index in [0.717, 1.165) is 15.5 Å². The van der Waals surface area contributed by atoms with Crippen LogP contribution in [0.4, 0.5) is 0 Å². The maximum atomic E-state index is 4.21. The molecule has 0 aromatic carbocycles. The van der Waals surface area contributed by atoms with Gasteiger partial charge in [-0.3, -0.25) is 0 Å². The predicted molar refractivity (Wildman–Crippen MR) is 69.0 cm³/mol. The quantitative estimate of drug-likeness (QED) is 0.815. The lowest BCUT2D eigenvalue weighted by Gasteiger charge is -2.10. The van der Waals surface area contributed by atoms with Crippen LogP contribution in [0.5, 0.6) is 0 Å². The summed E-state index contributed by atoms with van der Waals surface area (Å²) in [7, 11) is 0. The van der Waals surface area contributed by atoms with Gasteiger partial charge in [0.15, 0.2) is 10.3 Å². The Hall–Kier alpha value is -0.950. The van der Waals surface area contributed by atoms with Gasteiger partial charge >= 0.3 is 0 Å². The van der Waals surface area contributed by atoms with Gasteiger partial charge in [0.2, 0.25) is 0 Å². The van der Waals surface area contributed by atoms with E-state index in [-0.39, 0.29) is 0 Å². The second-order valence-corrected chi connectivity index (χ2v) is 5.63. The van der Waals surface area contributed by atoms with Gasteiger partial charge in [-0.2, -0.15) is 0 Å². The minimum atomic E-state index is 0.322. The fraction of sp³-hybridized carbons (Fsp3) is 0.400. The lowest BCUT2D eigenvalue weighted by Crippen LogP contribution is -2.05. The number of rotatable bonds is 3. The molecule has 0 aliphatic carbocycles. The zero-order valence-corrected chi connectivity index (χ0v) is 12.2. The molecule has 0 unspecified atom stereocenters. The molecule has 0 aliphatic rings. The molecule has 2 aromatic rings. The van der Waals surface area contributed by atoms with Crippen LogP contribution < -0.4 is 0 Å². The predicted octanol–water partition coefficient (Wildman–Crippen LogP) is 2.87. The fourth-order valence-electron chi connectivity index (χ4n) is 1.45. The van der Waals surface area contributed by atoms with E-state index in [1.165, 1.54) is 11.8 Å². The van der Waals surface area contributed by atoms with Gasteiger partial charge < -0.3 is 4.57 Å². The monoisotopic (exact) mass is 313 g/mol. The van der Waals surface area contributed by atoms with Gasteiger partial charge in [-0.1, -0.05) is 0 Å². The molecule has 0 spiro atoms. The molecule has 0 amide bonds. The van der Waals surface area contributed by atoms with Crippen LogP contribution in [-0.4, -0.2) is 24.7 Å². The molecule has 0 saturated heterocycles. The second-order valence-electron chi connectivity index (χ2n) is 3.78. The second kappa shape index (κ2) is 5.14. The van der Waals surface area contributed by atoms with Crippen LogP contribution in [0.2, 0.25) is 0 Å². The Labute approximate surface area is 112 Å². The van der Waals surface area contributed by atoms with Gasteiger partial charge in [0.1, 0.15) is 5.82 Å². The van der Waals surface area contributed by atoms with E-state index < -0.39 is 0 Å². The molecule has 0 atom stereocenters. The first-order valence-electron chi connectivity index (χ1n) is 5.15. The number of hydrogen-bond donors (Lipinski definition) is 0. The van der Waals surface area contributed by atoms with Gasteiger partial charge in [-0.25, -0.2) is 9.97 Å². The zero-order valence-electron chi connectivity index (χ0n) is 9.75. The van der Waals surface area contributed by atoms with E-state index in [1.54, 1.807) is 12.4 Å². The molecule has 7 heteroatoms. The van der Waals surface area contributed by atoms with E-state index in [2.05, 4.69) is 54.5 Å². The minimum absolute atomic E-state index is 0.322. The molecule has 0 fully saturated rings. The van der Waals surface area contributed by atoms with Crippen molar-refractivity contribution in [2.45, 2.75) is 37.1 Å². The van der Waals surface area contributed by atoms with Gasteiger partial charge in [-0.15, -0.1) is 10.2 Å². The molecule has 2 aromatic heterocycles. The fourth-order valence-corrected chi connectivity index (χ4v) is 2.55. The average molecular weight is 314 g/mol. The first kappa shape index (κ1) is 12.5. The third-order valence-electron chi connectivity index (χ3n) is 2.13. The maximum Gasteiger partial charge on any atom is 0.199 e. The Kier molecular flexibility index (Phi) is 3.78. The van der Waals surface area contributed by atoms with E-state index in [4.69, 9.17) is 0 Å². The van der Waals surface area contributed by atoms with Gasteiger partial charge in [-0.05, 0) is 48.5 Å². The SMILES string of the molecule is Cc1nnc(Sc2ncc(Br)cn2)n1C(C)C. The number of aryl methyl sites for hydroxylation is 1. The Bertz CT molecular complexity index is 508. The first-order chi connectivity index (χ1) is 8.08. The van der Waals surface area contributed by atoms with Crippen molar-refractivity contribution in [2.24, 2.45) is 0 Å². The Morgan fingerprint density at radius 3 is 2.47 bits per heavy atom. The molecule has 0 saturated carbocycles. The Morgan fingerprint density at radius 2 is 1.88 bits per heavy atom. The van der Waals surface area contributed by atoms with Crippen molar-refractivity contribution < 1.29 is 0 Å². The van der Waals surface area contributed by atoms with E-state index >= 15 is 0 Å². The summed E-state index contributed by atoms with van der Waals surface area (Å²) < 4.78 is 2.93. The summed E-state index contributed by atoms with van der Waals surface area (Å²) in [5.41, 5.74) is 0. The largest absolute Gasteiger partial charge is 0.303 e. The first-order valence-corrected chi connectivity index (χ1v) is 6.76. The Balaban J connectivity index is 2.27. The zero-order chi connectivity index (χ0) is 12.4.